The monoisotopic (exact) mass is 537 g/mol. The van der Waals surface area contributed by atoms with Gasteiger partial charge >= 0.3 is 5.97 Å². The van der Waals surface area contributed by atoms with E-state index in [0.717, 1.165) is 5.56 Å². The minimum Gasteiger partial charge on any atom is -0.480 e. The van der Waals surface area contributed by atoms with E-state index < -0.39 is 47.9 Å². The van der Waals surface area contributed by atoms with Gasteiger partial charge in [-0.2, -0.15) is 12.6 Å². The van der Waals surface area contributed by atoms with Gasteiger partial charge in [-0.15, -0.1) is 0 Å². The number of hydrogen-bond donors (Lipinski definition) is 8. The average Bonchev–Trinajstić information content (AvgIpc) is 2.83. The fourth-order valence-corrected chi connectivity index (χ4v) is 3.67. The second-order valence-corrected chi connectivity index (χ2v) is 9.44. The van der Waals surface area contributed by atoms with Crippen molar-refractivity contribution < 1.29 is 24.3 Å². The van der Waals surface area contributed by atoms with Crippen LogP contribution in [0.5, 0.6) is 0 Å². The van der Waals surface area contributed by atoms with Crippen LogP contribution in [0.4, 0.5) is 0 Å². The van der Waals surface area contributed by atoms with Gasteiger partial charge < -0.3 is 38.3 Å². The first-order chi connectivity index (χ1) is 17.4. The third-order valence-electron chi connectivity index (χ3n) is 5.36. The third-order valence-corrected chi connectivity index (χ3v) is 5.72. The normalized spacial score (nSPS) is 14.1. The first kappa shape index (κ1) is 31.7. The molecule has 0 aliphatic heterocycles. The molecule has 0 bridgehead atoms. The molecule has 206 valence electrons. The number of thiol groups is 1. The van der Waals surface area contributed by atoms with Crippen LogP contribution in [0.1, 0.15) is 38.7 Å². The van der Waals surface area contributed by atoms with Crippen LogP contribution in [0.3, 0.4) is 0 Å². The molecule has 0 aliphatic carbocycles. The number of aliphatic carboxylic acids is 1. The van der Waals surface area contributed by atoms with Crippen molar-refractivity contribution >= 4 is 42.3 Å². The van der Waals surface area contributed by atoms with Crippen LogP contribution < -0.4 is 33.2 Å². The zero-order valence-electron chi connectivity index (χ0n) is 21.2. The van der Waals surface area contributed by atoms with Crippen molar-refractivity contribution in [3.63, 3.8) is 0 Å². The summed E-state index contributed by atoms with van der Waals surface area (Å²) in [7, 11) is 0. The molecule has 1 aromatic rings. The van der Waals surface area contributed by atoms with Gasteiger partial charge in [-0.3, -0.25) is 19.4 Å². The Morgan fingerprint density at radius 1 is 0.946 bits per heavy atom. The van der Waals surface area contributed by atoms with E-state index in [9.17, 15) is 24.3 Å². The van der Waals surface area contributed by atoms with Crippen LogP contribution in [0.15, 0.2) is 35.3 Å². The van der Waals surface area contributed by atoms with E-state index in [1.807, 2.05) is 32.0 Å². The highest BCUT2D eigenvalue weighted by molar-refractivity contribution is 7.80. The zero-order chi connectivity index (χ0) is 28.0. The van der Waals surface area contributed by atoms with Crippen LogP contribution in [-0.4, -0.2) is 71.2 Å². The van der Waals surface area contributed by atoms with Gasteiger partial charge in [0.25, 0.3) is 0 Å². The minimum atomic E-state index is -1.24. The summed E-state index contributed by atoms with van der Waals surface area (Å²) in [5.74, 6) is -3.17. The Morgan fingerprint density at radius 2 is 1.51 bits per heavy atom. The molecule has 0 aliphatic rings. The molecule has 0 spiro atoms. The molecule has 12 nitrogen and oxygen atoms in total. The molecular formula is C24H39N7O5S. The summed E-state index contributed by atoms with van der Waals surface area (Å²) in [6, 6.07) is 4.90. The molecule has 4 unspecified atom stereocenters. The standard InChI is InChI=1S/C24H39N7O5S/c1-14(2)11-17(21(33)31-19(13-37)23(35)36)30-22(34)18(12-15-7-4-3-5-8-15)29-20(32)16(25)9-6-10-28-24(26)27/h3-5,7-8,14,16-19,37H,6,9-13,25H2,1-2H3,(H,29,32)(H,30,34)(H,31,33)(H,35,36)(H4,26,27,28). The van der Waals surface area contributed by atoms with Crippen molar-refractivity contribution in [1.82, 2.24) is 16.0 Å². The van der Waals surface area contributed by atoms with Crippen molar-refractivity contribution in [3.8, 4) is 0 Å². The summed E-state index contributed by atoms with van der Waals surface area (Å²) in [6.45, 7) is 4.04. The molecule has 13 heteroatoms. The molecule has 0 radical (unpaired) electrons. The number of nitrogens with one attached hydrogen (secondary N) is 3. The van der Waals surface area contributed by atoms with Crippen LogP contribution >= 0.6 is 12.6 Å². The number of carbonyl (C=O) groups is 4. The fourth-order valence-electron chi connectivity index (χ4n) is 3.42. The van der Waals surface area contributed by atoms with Gasteiger partial charge in [0.05, 0.1) is 6.04 Å². The molecule has 0 saturated carbocycles. The smallest absolute Gasteiger partial charge is 0.327 e. The highest BCUT2D eigenvalue weighted by Gasteiger charge is 2.30. The van der Waals surface area contributed by atoms with Crippen LogP contribution in [0.2, 0.25) is 0 Å². The lowest BCUT2D eigenvalue weighted by molar-refractivity contribution is -0.141. The minimum absolute atomic E-state index is 0.0103. The Morgan fingerprint density at radius 3 is 2.05 bits per heavy atom. The van der Waals surface area contributed by atoms with Gasteiger partial charge in [0.2, 0.25) is 17.7 Å². The molecule has 10 N–H and O–H groups in total. The fraction of sp³-hybridized carbons (Fsp3) is 0.542. The average molecular weight is 538 g/mol. The second kappa shape index (κ2) is 16.4. The zero-order valence-corrected chi connectivity index (χ0v) is 22.1. The van der Waals surface area contributed by atoms with E-state index >= 15 is 0 Å². The maximum absolute atomic E-state index is 13.3. The van der Waals surface area contributed by atoms with Gasteiger partial charge in [-0.05, 0) is 30.7 Å². The van der Waals surface area contributed by atoms with Gasteiger partial charge in [-0.1, -0.05) is 44.2 Å². The highest BCUT2D eigenvalue weighted by Crippen LogP contribution is 2.09. The Bertz CT molecular complexity index is 925. The van der Waals surface area contributed by atoms with E-state index in [4.69, 9.17) is 17.2 Å². The van der Waals surface area contributed by atoms with Gasteiger partial charge in [0.15, 0.2) is 5.96 Å². The number of nitrogens with zero attached hydrogens (tertiary/aromatic N) is 1. The predicted octanol–water partition coefficient (Wildman–Crippen LogP) is -0.875. The highest BCUT2D eigenvalue weighted by atomic mass is 32.1. The maximum atomic E-state index is 13.3. The summed E-state index contributed by atoms with van der Waals surface area (Å²) < 4.78 is 0. The summed E-state index contributed by atoms with van der Waals surface area (Å²) in [6.07, 6.45) is 1.17. The Hall–Kier alpha value is -3.32. The van der Waals surface area contributed by atoms with E-state index in [0.29, 0.717) is 19.4 Å². The molecule has 37 heavy (non-hydrogen) atoms. The van der Waals surface area contributed by atoms with E-state index in [2.05, 4.69) is 33.6 Å². The van der Waals surface area contributed by atoms with Gasteiger partial charge in [0.1, 0.15) is 18.1 Å². The van der Waals surface area contributed by atoms with Gasteiger partial charge in [0, 0.05) is 18.7 Å². The summed E-state index contributed by atoms with van der Waals surface area (Å²) >= 11 is 3.96. The predicted molar refractivity (Wildman–Crippen MR) is 145 cm³/mol. The molecule has 0 heterocycles. The molecule has 0 aromatic heterocycles. The maximum Gasteiger partial charge on any atom is 0.327 e. The molecule has 0 saturated heterocycles. The summed E-state index contributed by atoms with van der Waals surface area (Å²) in [5.41, 5.74) is 17.4. The number of benzene rings is 1. The summed E-state index contributed by atoms with van der Waals surface area (Å²) in [5, 5.41) is 17.0. The van der Waals surface area contributed by atoms with Crippen LogP contribution in [-0.2, 0) is 25.6 Å². The Balaban J connectivity index is 3.01. The topological polar surface area (TPSA) is 215 Å². The third kappa shape index (κ3) is 12.5. The Kier molecular flexibility index (Phi) is 14.1. The molecule has 1 rings (SSSR count). The van der Waals surface area contributed by atoms with Crippen LogP contribution in [0.25, 0.3) is 0 Å². The number of nitrogens with two attached hydrogens (primary N) is 3. The molecule has 0 fully saturated rings. The number of carboxylic acids is 1. The Labute approximate surface area is 222 Å². The summed E-state index contributed by atoms with van der Waals surface area (Å²) in [4.78, 5) is 54.1. The lowest BCUT2D eigenvalue weighted by Gasteiger charge is -2.26. The quantitative estimate of drug-likeness (QED) is 0.0572. The van der Waals surface area contributed by atoms with Crippen molar-refractivity contribution in [3.05, 3.63) is 35.9 Å². The lowest BCUT2D eigenvalue weighted by atomic mass is 10.0. The SMILES string of the molecule is CC(C)CC(NC(=O)C(Cc1ccccc1)NC(=O)C(N)CCCN=C(N)N)C(=O)NC(CS)C(=O)O. The number of rotatable bonds is 16. The number of carboxylic acid groups (broad SMARTS) is 1. The van der Waals surface area contributed by atoms with E-state index in [-0.39, 0.29) is 30.5 Å². The molecular weight excluding hydrogens is 498 g/mol. The first-order valence-electron chi connectivity index (χ1n) is 12.0. The number of amides is 3. The molecule has 4 atom stereocenters. The van der Waals surface area contributed by atoms with Gasteiger partial charge in [-0.25, -0.2) is 4.79 Å². The van der Waals surface area contributed by atoms with Crippen molar-refractivity contribution in [2.75, 3.05) is 12.3 Å². The second-order valence-electron chi connectivity index (χ2n) is 9.08. The number of guanidine groups is 1. The van der Waals surface area contributed by atoms with E-state index in [1.54, 1.807) is 12.1 Å². The number of carbonyl (C=O) groups excluding carboxylic acids is 3. The number of hydrogen-bond acceptors (Lipinski definition) is 7. The largest absolute Gasteiger partial charge is 0.480 e. The van der Waals surface area contributed by atoms with Crippen molar-refractivity contribution in [1.29, 1.82) is 0 Å². The van der Waals surface area contributed by atoms with E-state index in [1.165, 1.54) is 0 Å². The first-order valence-corrected chi connectivity index (χ1v) is 12.7. The molecule has 3 amide bonds. The van der Waals surface area contributed by atoms with Crippen molar-refractivity contribution in [2.24, 2.45) is 28.1 Å². The molecule has 1 aromatic carbocycles. The number of aliphatic imine (C=N–C) groups is 1. The van der Waals surface area contributed by atoms with Crippen LogP contribution in [0, 0.1) is 5.92 Å². The lowest BCUT2D eigenvalue weighted by Crippen LogP contribution is -2.58. The van der Waals surface area contributed by atoms with Crippen molar-refractivity contribution in [2.45, 2.75) is 63.7 Å².